The fraction of sp³-hybridized carbons (Fsp3) is 0.765. The largest absolute Gasteiger partial charge is 0.476 e. The highest BCUT2D eigenvalue weighted by molar-refractivity contribution is 5.98. The standard InChI is InChI=1S/C34H57N5O10/c1-7-34(8-2,31(42)35-11-13-45-15-17-47-18-16-46-14-12-36-32(43)49-33(3,4)5)38-29(41)27-9-10-28(39-20-26(21-39)44-6)30(37-27)48-23-25-19-24(25)22-40/h9-10,24-26,40H,7-8,11-23H2,1-6H3,(H,35,42)(H,36,43)(H,38,41)/t24-,25-/m1/s1. The zero-order chi connectivity index (χ0) is 35.9. The van der Waals surface area contributed by atoms with Gasteiger partial charge in [-0.3, -0.25) is 9.59 Å². The van der Waals surface area contributed by atoms with Crippen LogP contribution in [0.15, 0.2) is 12.1 Å². The maximum absolute atomic E-state index is 13.4. The van der Waals surface area contributed by atoms with Crippen LogP contribution in [0.1, 0.15) is 64.4 Å². The van der Waals surface area contributed by atoms with E-state index in [1.54, 1.807) is 33.9 Å². The maximum atomic E-state index is 13.4. The Hall–Kier alpha value is -3.24. The zero-order valence-electron chi connectivity index (χ0n) is 30.0. The second kappa shape index (κ2) is 19.8. The van der Waals surface area contributed by atoms with E-state index >= 15 is 0 Å². The number of nitrogens with one attached hydrogen (secondary N) is 3. The highest BCUT2D eigenvalue weighted by Gasteiger charge is 2.39. The SMILES string of the molecule is CCC(CC)(NC(=O)c1ccc(N2CC(OC)C2)c(OC[C@H]2C[C@@H]2CO)n1)C(=O)NCCOCCOCCOCCNC(=O)OC(C)(C)C. The molecule has 3 rings (SSSR count). The van der Waals surface area contributed by atoms with Crippen LogP contribution in [0.2, 0.25) is 0 Å². The number of methoxy groups -OCH3 is 1. The van der Waals surface area contributed by atoms with Gasteiger partial charge >= 0.3 is 6.09 Å². The number of amides is 3. The second-order valence-corrected chi connectivity index (χ2v) is 13.3. The third kappa shape index (κ3) is 13.2. The first-order chi connectivity index (χ1) is 23.4. The maximum Gasteiger partial charge on any atom is 0.407 e. The number of nitrogens with zero attached hydrogens (tertiary/aromatic N) is 2. The number of pyridine rings is 1. The molecule has 49 heavy (non-hydrogen) atoms. The van der Waals surface area contributed by atoms with Crippen LogP contribution in [-0.4, -0.2) is 131 Å². The normalized spacial score (nSPS) is 17.7. The number of anilines is 1. The predicted molar refractivity (Wildman–Crippen MR) is 182 cm³/mol. The first kappa shape index (κ1) is 40.2. The smallest absolute Gasteiger partial charge is 0.407 e. The number of hydrogen-bond acceptors (Lipinski definition) is 12. The molecule has 278 valence electrons. The van der Waals surface area contributed by atoms with Crippen molar-refractivity contribution in [2.75, 3.05) is 91.0 Å². The fourth-order valence-corrected chi connectivity index (χ4v) is 5.19. The van der Waals surface area contributed by atoms with E-state index in [0.29, 0.717) is 78.0 Å². The van der Waals surface area contributed by atoms with Crippen molar-refractivity contribution in [2.45, 2.75) is 71.1 Å². The molecule has 0 unspecified atom stereocenters. The number of aliphatic hydroxyl groups excluding tert-OH is 1. The number of carbonyl (C=O) groups is 3. The lowest BCUT2D eigenvalue weighted by molar-refractivity contribution is -0.128. The van der Waals surface area contributed by atoms with Gasteiger partial charge in [-0.05, 0) is 64.0 Å². The minimum Gasteiger partial charge on any atom is -0.476 e. The number of rotatable bonds is 23. The Morgan fingerprint density at radius 2 is 1.53 bits per heavy atom. The molecule has 0 spiro atoms. The van der Waals surface area contributed by atoms with Crippen molar-refractivity contribution in [3.05, 3.63) is 17.8 Å². The molecule has 0 bridgehead atoms. The van der Waals surface area contributed by atoms with Gasteiger partial charge in [0.05, 0.1) is 52.4 Å². The van der Waals surface area contributed by atoms with E-state index in [-0.39, 0.29) is 49.3 Å². The summed E-state index contributed by atoms with van der Waals surface area (Å²) in [7, 11) is 1.68. The average molecular weight is 696 g/mol. The molecule has 15 heteroatoms. The highest BCUT2D eigenvalue weighted by atomic mass is 16.6. The van der Waals surface area contributed by atoms with Crippen molar-refractivity contribution in [1.82, 2.24) is 20.9 Å². The minimum absolute atomic E-state index is 0.128. The van der Waals surface area contributed by atoms with Crippen LogP contribution in [0.5, 0.6) is 5.88 Å². The summed E-state index contributed by atoms with van der Waals surface area (Å²) in [5.74, 6) is 0.0927. The molecule has 1 aromatic rings. The van der Waals surface area contributed by atoms with Gasteiger partial charge in [-0.1, -0.05) is 13.8 Å². The van der Waals surface area contributed by atoms with Crippen LogP contribution < -0.4 is 25.6 Å². The Bertz CT molecular complexity index is 1190. The van der Waals surface area contributed by atoms with E-state index < -0.39 is 23.1 Å². The summed E-state index contributed by atoms with van der Waals surface area (Å²) >= 11 is 0. The molecular formula is C34H57N5O10. The fourth-order valence-electron chi connectivity index (χ4n) is 5.19. The monoisotopic (exact) mass is 695 g/mol. The van der Waals surface area contributed by atoms with Gasteiger partial charge in [0.25, 0.3) is 5.91 Å². The molecule has 2 heterocycles. The number of alkyl carbamates (subject to hydrolysis) is 1. The van der Waals surface area contributed by atoms with Gasteiger partial charge in [0, 0.05) is 39.9 Å². The second-order valence-electron chi connectivity index (χ2n) is 13.3. The van der Waals surface area contributed by atoms with Gasteiger partial charge in [0.15, 0.2) is 0 Å². The molecule has 1 aliphatic carbocycles. The van der Waals surface area contributed by atoms with E-state index in [0.717, 1.165) is 12.1 Å². The van der Waals surface area contributed by atoms with Gasteiger partial charge in [0.1, 0.15) is 22.5 Å². The Labute approximate surface area is 290 Å². The molecule has 2 fully saturated rings. The molecule has 1 saturated heterocycles. The third-order valence-electron chi connectivity index (χ3n) is 8.52. The summed E-state index contributed by atoms with van der Waals surface area (Å²) in [6.45, 7) is 13.7. The first-order valence-corrected chi connectivity index (χ1v) is 17.3. The summed E-state index contributed by atoms with van der Waals surface area (Å²) in [4.78, 5) is 45.0. The summed E-state index contributed by atoms with van der Waals surface area (Å²) in [5, 5.41) is 17.8. The van der Waals surface area contributed by atoms with E-state index in [2.05, 4.69) is 25.8 Å². The van der Waals surface area contributed by atoms with Crippen molar-refractivity contribution >= 4 is 23.6 Å². The van der Waals surface area contributed by atoms with Gasteiger partial charge < -0.3 is 54.4 Å². The summed E-state index contributed by atoms with van der Waals surface area (Å²) < 4.78 is 33.1. The minimum atomic E-state index is -1.13. The van der Waals surface area contributed by atoms with Gasteiger partial charge in [-0.25, -0.2) is 9.78 Å². The first-order valence-electron chi connectivity index (χ1n) is 17.3. The van der Waals surface area contributed by atoms with Crippen LogP contribution in [-0.2, 0) is 28.5 Å². The van der Waals surface area contributed by atoms with Crippen LogP contribution in [0.3, 0.4) is 0 Å². The van der Waals surface area contributed by atoms with Gasteiger partial charge in [0.2, 0.25) is 11.8 Å². The molecule has 2 atom stereocenters. The van der Waals surface area contributed by atoms with Gasteiger partial charge in [-0.2, -0.15) is 0 Å². The molecule has 1 aromatic heterocycles. The molecule has 2 aliphatic rings. The summed E-state index contributed by atoms with van der Waals surface area (Å²) in [6, 6.07) is 3.46. The number of carbonyl (C=O) groups excluding carboxylic acids is 3. The van der Waals surface area contributed by atoms with Gasteiger partial charge in [-0.15, -0.1) is 0 Å². The number of aromatic nitrogens is 1. The van der Waals surface area contributed by atoms with Crippen LogP contribution in [0.25, 0.3) is 0 Å². The van der Waals surface area contributed by atoms with Crippen molar-refractivity contribution in [3.63, 3.8) is 0 Å². The zero-order valence-corrected chi connectivity index (χ0v) is 30.0. The van der Waals surface area contributed by atoms with Crippen LogP contribution in [0, 0.1) is 11.8 Å². The third-order valence-corrected chi connectivity index (χ3v) is 8.52. The lowest BCUT2D eigenvalue weighted by atomic mass is 9.91. The van der Waals surface area contributed by atoms with E-state index in [1.165, 1.54) is 0 Å². The molecule has 0 radical (unpaired) electrons. The van der Waals surface area contributed by atoms with Crippen LogP contribution >= 0.6 is 0 Å². The molecule has 3 amide bonds. The van der Waals surface area contributed by atoms with Crippen LogP contribution in [0.4, 0.5) is 10.5 Å². The quantitative estimate of drug-likeness (QED) is 0.122. The topological polar surface area (TPSA) is 179 Å². The Kier molecular flexibility index (Phi) is 16.3. The van der Waals surface area contributed by atoms with E-state index in [1.807, 2.05) is 19.9 Å². The van der Waals surface area contributed by atoms with Crippen molar-refractivity contribution in [2.24, 2.45) is 11.8 Å². The van der Waals surface area contributed by atoms with Crippen molar-refractivity contribution < 1.29 is 47.9 Å². The lowest BCUT2D eigenvalue weighted by Gasteiger charge is -2.40. The molecule has 4 N–H and O–H groups in total. The number of hydrogen-bond donors (Lipinski definition) is 4. The Morgan fingerprint density at radius 1 is 0.918 bits per heavy atom. The van der Waals surface area contributed by atoms with E-state index in [9.17, 15) is 19.5 Å². The molecule has 1 aliphatic heterocycles. The lowest BCUT2D eigenvalue weighted by Crippen LogP contribution is -2.58. The Morgan fingerprint density at radius 3 is 2.08 bits per heavy atom. The summed E-state index contributed by atoms with van der Waals surface area (Å²) in [5.41, 5.74) is -0.736. The molecular weight excluding hydrogens is 638 g/mol. The molecule has 15 nitrogen and oxygen atoms in total. The van der Waals surface area contributed by atoms with Crippen molar-refractivity contribution in [3.8, 4) is 5.88 Å². The highest BCUT2D eigenvalue weighted by Crippen LogP contribution is 2.39. The number of aliphatic hydroxyl groups is 1. The van der Waals surface area contributed by atoms with E-state index in [4.69, 9.17) is 28.4 Å². The molecule has 0 aromatic carbocycles. The summed E-state index contributed by atoms with van der Waals surface area (Å²) in [6.07, 6.45) is 1.31. The number of ether oxygens (including phenoxy) is 6. The predicted octanol–water partition coefficient (Wildman–Crippen LogP) is 1.90. The Balaban J connectivity index is 1.37. The van der Waals surface area contributed by atoms with Crippen molar-refractivity contribution in [1.29, 1.82) is 0 Å². The molecule has 1 saturated carbocycles. The average Bonchev–Trinajstić information content (AvgIpc) is 3.82.